The van der Waals surface area contributed by atoms with Crippen molar-refractivity contribution in [2.45, 2.75) is 71.3 Å². The highest BCUT2D eigenvalue weighted by atomic mass is 16.6. The largest absolute Gasteiger partial charge is 0.444 e. The number of aromatic nitrogens is 3. The molecule has 2 aromatic heterocycles. The molecule has 3 aliphatic rings. The number of fused-ring (bicyclic) bond motifs is 1. The first kappa shape index (κ1) is 21.9. The Morgan fingerprint density at radius 2 is 1.91 bits per heavy atom. The fourth-order valence-corrected chi connectivity index (χ4v) is 4.88. The Hall–Kier alpha value is -2.90. The van der Waals surface area contributed by atoms with Crippen LogP contribution in [0.5, 0.6) is 0 Å². The summed E-state index contributed by atoms with van der Waals surface area (Å²) in [4.78, 5) is 30.9. The van der Waals surface area contributed by atoms with E-state index in [0.29, 0.717) is 5.95 Å². The van der Waals surface area contributed by atoms with Crippen LogP contribution < -0.4 is 5.32 Å². The van der Waals surface area contributed by atoms with Crippen LogP contribution in [0, 0.1) is 11.3 Å². The molecule has 8 heteroatoms. The number of carbonyl (C=O) groups is 2. The first-order chi connectivity index (χ1) is 15.7. The lowest BCUT2D eigenvalue weighted by atomic mass is 9.68. The number of ether oxygens (including phenoxy) is 1. The lowest BCUT2D eigenvalue weighted by Crippen LogP contribution is -2.45. The summed E-state index contributed by atoms with van der Waals surface area (Å²) in [7, 11) is 0. The van der Waals surface area contributed by atoms with Gasteiger partial charge in [0.1, 0.15) is 5.60 Å². The first-order valence-electron chi connectivity index (χ1n) is 12.1. The van der Waals surface area contributed by atoms with Crippen molar-refractivity contribution in [2.24, 2.45) is 11.3 Å². The number of allylic oxidation sites excluding steroid dienone is 2. The van der Waals surface area contributed by atoms with Crippen molar-refractivity contribution in [3.63, 3.8) is 0 Å². The second-order valence-electron chi connectivity index (χ2n) is 10.8. The molecule has 2 amide bonds. The summed E-state index contributed by atoms with van der Waals surface area (Å²) in [5.74, 6) is 0.515. The Morgan fingerprint density at radius 1 is 1.15 bits per heavy atom. The van der Waals surface area contributed by atoms with Crippen molar-refractivity contribution < 1.29 is 14.3 Å². The summed E-state index contributed by atoms with van der Waals surface area (Å²) < 4.78 is 7.39. The molecule has 2 aromatic rings. The van der Waals surface area contributed by atoms with Crippen LogP contribution in [0.3, 0.4) is 0 Å². The predicted octanol–water partition coefficient (Wildman–Crippen LogP) is 4.66. The number of likely N-dealkylation sites (tertiary alicyclic amines) is 1. The first-order valence-corrected chi connectivity index (χ1v) is 12.1. The standard InChI is InChI=1S/C25H33N5O3/c1-24(2,3)33-23(32)29-15-13-25(14-16-29)11-9-17(10-12-25)19-5-4-6-20-26-22(28-30(19)20)27-21(31)18-7-8-18/h4-6,9,18H,7-8,10-16H2,1-3H3,(H,27,28,31). The highest BCUT2D eigenvalue weighted by Crippen LogP contribution is 2.46. The molecule has 2 aliphatic carbocycles. The van der Waals surface area contributed by atoms with Gasteiger partial charge in [-0.2, -0.15) is 4.98 Å². The molecule has 3 heterocycles. The van der Waals surface area contributed by atoms with Crippen LogP contribution in [-0.2, 0) is 9.53 Å². The molecule has 5 rings (SSSR count). The van der Waals surface area contributed by atoms with Crippen molar-refractivity contribution in [2.75, 3.05) is 18.4 Å². The molecule has 1 N–H and O–H groups in total. The van der Waals surface area contributed by atoms with Gasteiger partial charge < -0.3 is 9.64 Å². The molecule has 8 nitrogen and oxygen atoms in total. The number of pyridine rings is 1. The van der Waals surface area contributed by atoms with Gasteiger partial charge in [0.2, 0.25) is 11.9 Å². The van der Waals surface area contributed by atoms with E-state index in [2.05, 4.69) is 27.5 Å². The summed E-state index contributed by atoms with van der Waals surface area (Å²) >= 11 is 0. The molecule has 0 atom stereocenters. The maximum Gasteiger partial charge on any atom is 0.410 e. The Balaban J connectivity index is 1.26. The van der Waals surface area contributed by atoms with Gasteiger partial charge in [-0.15, -0.1) is 5.10 Å². The number of nitrogens with one attached hydrogen (secondary N) is 1. The Labute approximate surface area is 194 Å². The third-order valence-corrected chi connectivity index (χ3v) is 7.05. The fraction of sp³-hybridized carbons (Fsp3) is 0.600. The van der Waals surface area contributed by atoms with E-state index in [1.807, 2.05) is 42.3 Å². The average Bonchev–Trinajstić information content (AvgIpc) is 3.54. The second-order valence-corrected chi connectivity index (χ2v) is 10.8. The number of amides is 2. The molecule has 2 fully saturated rings. The Bertz CT molecular complexity index is 1100. The summed E-state index contributed by atoms with van der Waals surface area (Å²) in [5, 5.41) is 7.43. The van der Waals surface area contributed by atoms with E-state index in [1.165, 1.54) is 5.57 Å². The van der Waals surface area contributed by atoms with Crippen LogP contribution in [0.2, 0.25) is 0 Å². The van der Waals surface area contributed by atoms with Crippen LogP contribution >= 0.6 is 0 Å². The van der Waals surface area contributed by atoms with Crippen molar-refractivity contribution in [3.8, 4) is 0 Å². The molecule has 0 unspecified atom stereocenters. The van der Waals surface area contributed by atoms with Gasteiger partial charge in [-0.1, -0.05) is 12.1 Å². The van der Waals surface area contributed by atoms with Crippen molar-refractivity contribution in [3.05, 3.63) is 30.0 Å². The maximum absolute atomic E-state index is 12.4. The zero-order valence-electron chi connectivity index (χ0n) is 19.8. The second kappa shape index (κ2) is 8.15. The zero-order chi connectivity index (χ0) is 23.2. The van der Waals surface area contributed by atoms with Gasteiger partial charge >= 0.3 is 6.09 Å². The van der Waals surface area contributed by atoms with Crippen molar-refractivity contribution >= 4 is 29.2 Å². The molecular weight excluding hydrogens is 418 g/mol. The Kier molecular flexibility index (Phi) is 5.41. The van der Waals surface area contributed by atoms with Gasteiger partial charge in [0.25, 0.3) is 0 Å². The fourth-order valence-electron chi connectivity index (χ4n) is 4.88. The number of nitrogens with zero attached hydrogens (tertiary/aromatic N) is 4. The highest BCUT2D eigenvalue weighted by molar-refractivity contribution is 5.92. The molecule has 0 radical (unpaired) electrons. The highest BCUT2D eigenvalue weighted by Gasteiger charge is 2.38. The lowest BCUT2D eigenvalue weighted by Gasteiger charge is -2.43. The molecule has 176 valence electrons. The molecule has 0 bridgehead atoms. The number of hydrogen-bond donors (Lipinski definition) is 1. The smallest absolute Gasteiger partial charge is 0.410 e. The number of carbonyl (C=O) groups excluding carboxylic acids is 2. The van der Waals surface area contributed by atoms with Crippen molar-refractivity contribution in [1.29, 1.82) is 0 Å². The molecule has 0 aromatic carbocycles. The van der Waals surface area contributed by atoms with Crippen molar-refractivity contribution in [1.82, 2.24) is 19.5 Å². The summed E-state index contributed by atoms with van der Waals surface area (Å²) in [6.45, 7) is 7.22. The van der Waals surface area contributed by atoms with Crippen LogP contribution in [-0.4, -0.2) is 50.2 Å². The van der Waals surface area contributed by atoms with Gasteiger partial charge in [0, 0.05) is 19.0 Å². The van der Waals surface area contributed by atoms with Gasteiger partial charge in [-0.3, -0.25) is 10.1 Å². The predicted molar refractivity (Wildman–Crippen MR) is 126 cm³/mol. The van der Waals surface area contributed by atoms with Gasteiger partial charge in [0.15, 0.2) is 5.65 Å². The van der Waals surface area contributed by atoms with Crippen LogP contribution in [0.25, 0.3) is 11.2 Å². The molecule has 1 saturated carbocycles. The van der Waals surface area contributed by atoms with E-state index in [-0.39, 0.29) is 23.3 Å². The van der Waals surface area contributed by atoms with Gasteiger partial charge in [-0.25, -0.2) is 9.31 Å². The third kappa shape index (κ3) is 4.75. The number of piperidine rings is 1. The van der Waals surface area contributed by atoms with E-state index in [4.69, 9.17) is 4.74 Å². The molecular formula is C25H33N5O3. The normalized spacial score (nSPS) is 20.6. The lowest BCUT2D eigenvalue weighted by molar-refractivity contribution is -0.117. The molecule has 1 saturated heterocycles. The van der Waals surface area contributed by atoms with Crippen LogP contribution in [0.4, 0.5) is 10.7 Å². The van der Waals surface area contributed by atoms with E-state index < -0.39 is 5.60 Å². The maximum atomic E-state index is 12.4. The number of anilines is 1. The number of rotatable bonds is 3. The monoisotopic (exact) mass is 451 g/mol. The van der Waals surface area contributed by atoms with Crippen LogP contribution in [0.15, 0.2) is 24.3 Å². The quantitative estimate of drug-likeness (QED) is 0.733. The summed E-state index contributed by atoms with van der Waals surface area (Å²) in [6, 6.07) is 5.99. The summed E-state index contributed by atoms with van der Waals surface area (Å²) in [6.07, 6.45) is 9.11. The van der Waals surface area contributed by atoms with E-state index >= 15 is 0 Å². The van der Waals surface area contributed by atoms with E-state index in [0.717, 1.165) is 69.4 Å². The molecule has 33 heavy (non-hydrogen) atoms. The molecule has 1 aliphatic heterocycles. The average molecular weight is 452 g/mol. The van der Waals surface area contributed by atoms with Crippen LogP contribution in [0.1, 0.15) is 71.4 Å². The van der Waals surface area contributed by atoms with E-state index in [1.54, 1.807) is 0 Å². The number of hydrogen-bond acceptors (Lipinski definition) is 5. The minimum absolute atomic E-state index is 0.0176. The SMILES string of the molecule is CC(C)(C)OC(=O)N1CCC2(CC=C(c3cccc4nc(NC(=O)C5CC5)nn34)CC2)CC1. The third-order valence-electron chi connectivity index (χ3n) is 7.05. The zero-order valence-corrected chi connectivity index (χ0v) is 19.8. The summed E-state index contributed by atoms with van der Waals surface area (Å²) in [5.41, 5.74) is 2.84. The van der Waals surface area contributed by atoms with E-state index in [9.17, 15) is 9.59 Å². The topological polar surface area (TPSA) is 88.8 Å². The minimum Gasteiger partial charge on any atom is -0.444 e. The van der Waals surface area contributed by atoms with Gasteiger partial charge in [-0.05, 0) is 88.8 Å². The Morgan fingerprint density at radius 3 is 2.55 bits per heavy atom. The van der Waals surface area contributed by atoms with Gasteiger partial charge in [0.05, 0.1) is 5.69 Å². The molecule has 1 spiro atoms. The minimum atomic E-state index is -0.461.